The molecule has 2 aromatic carbocycles. The molecule has 2 nitrogen and oxygen atoms in total. The Morgan fingerprint density at radius 2 is 1.90 bits per heavy atom. The van der Waals surface area contributed by atoms with Gasteiger partial charge in [0.05, 0.1) is 0 Å². The molecule has 106 valence electrons. The van der Waals surface area contributed by atoms with Gasteiger partial charge in [-0.05, 0) is 60.4 Å². The van der Waals surface area contributed by atoms with Gasteiger partial charge in [-0.2, -0.15) is 0 Å². The van der Waals surface area contributed by atoms with Gasteiger partial charge in [-0.15, -0.1) is 0 Å². The van der Waals surface area contributed by atoms with Crippen molar-refractivity contribution in [2.45, 2.75) is 12.8 Å². The zero-order valence-corrected chi connectivity index (χ0v) is 11.5. The number of allylic oxidation sites excluding steroid dienone is 2. The van der Waals surface area contributed by atoms with Gasteiger partial charge in [-0.25, -0.2) is 4.39 Å². The molecule has 0 heterocycles. The fraction of sp³-hybridized carbons (Fsp3) is 0.167. The first-order valence-corrected chi connectivity index (χ1v) is 6.94. The first-order valence-electron chi connectivity index (χ1n) is 6.94. The van der Waals surface area contributed by atoms with Crippen molar-refractivity contribution in [3.05, 3.63) is 66.0 Å². The first kappa shape index (κ1) is 13.6. The van der Waals surface area contributed by atoms with E-state index in [1.165, 1.54) is 17.7 Å². The highest BCUT2D eigenvalue weighted by Gasteiger charge is 2.16. The Hall–Kier alpha value is -2.42. The molecule has 0 amide bonds. The van der Waals surface area contributed by atoms with E-state index >= 15 is 0 Å². The molecule has 1 unspecified atom stereocenters. The molecule has 0 fully saturated rings. The standard InChI is InChI=1S/C18H15FO2/c19-16-6-8-17(9-7-16)21-18-3-1-2-14(11-18)15-5-4-13(10-15)12-20/h1-3,6-13H,4-5H2. The van der Waals surface area contributed by atoms with Gasteiger partial charge in [-0.3, -0.25) is 0 Å². The van der Waals surface area contributed by atoms with Crippen LogP contribution in [0.2, 0.25) is 0 Å². The highest BCUT2D eigenvalue weighted by atomic mass is 19.1. The van der Waals surface area contributed by atoms with Crippen LogP contribution >= 0.6 is 0 Å². The molecular weight excluding hydrogens is 267 g/mol. The molecule has 1 aliphatic rings. The van der Waals surface area contributed by atoms with Crippen LogP contribution in [0.3, 0.4) is 0 Å². The number of hydrogen-bond donors (Lipinski definition) is 0. The van der Waals surface area contributed by atoms with Gasteiger partial charge in [0.2, 0.25) is 0 Å². The summed E-state index contributed by atoms with van der Waals surface area (Å²) < 4.78 is 18.6. The van der Waals surface area contributed by atoms with Crippen molar-refractivity contribution < 1.29 is 13.9 Å². The molecular formula is C18H15FO2. The lowest BCUT2D eigenvalue weighted by molar-refractivity contribution is -0.109. The Bertz CT molecular complexity index is 674. The smallest absolute Gasteiger partial charge is 0.128 e. The zero-order chi connectivity index (χ0) is 14.7. The minimum absolute atomic E-state index is 0.0293. The third-order valence-electron chi connectivity index (χ3n) is 3.59. The molecule has 0 bridgehead atoms. The van der Waals surface area contributed by atoms with Crippen LogP contribution < -0.4 is 4.74 Å². The number of halogens is 1. The molecule has 0 saturated carbocycles. The van der Waals surface area contributed by atoms with E-state index < -0.39 is 0 Å². The summed E-state index contributed by atoms with van der Waals surface area (Å²) in [5.41, 5.74) is 2.25. The molecule has 0 aliphatic heterocycles. The Morgan fingerprint density at radius 3 is 2.62 bits per heavy atom. The molecule has 2 aromatic rings. The first-order chi connectivity index (χ1) is 10.2. The molecule has 0 spiro atoms. The second-order valence-electron chi connectivity index (χ2n) is 5.11. The van der Waals surface area contributed by atoms with Crippen molar-refractivity contribution in [2.24, 2.45) is 5.92 Å². The summed E-state index contributed by atoms with van der Waals surface area (Å²) >= 11 is 0. The van der Waals surface area contributed by atoms with Crippen molar-refractivity contribution in [1.29, 1.82) is 0 Å². The quantitative estimate of drug-likeness (QED) is 0.765. The summed E-state index contributed by atoms with van der Waals surface area (Å²) in [6.45, 7) is 0. The number of benzene rings is 2. The molecule has 21 heavy (non-hydrogen) atoms. The number of ether oxygens (including phenoxy) is 1. The third-order valence-corrected chi connectivity index (χ3v) is 3.59. The molecule has 0 saturated heterocycles. The summed E-state index contributed by atoms with van der Waals surface area (Å²) in [7, 11) is 0. The lowest BCUT2D eigenvalue weighted by Gasteiger charge is -2.08. The van der Waals surface area contributed by atoms with E-state index in [0.717, 1.165) is 24.7 Å². The summed E-state index contributed by atoms with van der Waals surface area (Å²) in [5.74, 6) is 1.04. The summed E-state index contributed by atoms with van der Waals surface area (Å²) in [6.07, 6.45) is 4.79. The Balaban J connectivity index is 1.80. The molecule has 3 rings (SSSR count). The van der Waals surface area contributed by atoms with Gasteiger partial charge in [0.15, 0.2) is 0 Å². The second-order valence-corrected chi connectivity index (χ2v) is 5.11. The zero-order valence-electron chi connectivity index (χ0n) is 11.5. The van der Waals surface area contributed by atoms with Crippen LogP contribution in [0.5, 0.6) is 11.5 Å². The summed E-state index contributed by atoms with van der Waals surface area (Å²) in [5, 5.41) is 0. The SMILES string of the molecule is O=CC1C=C(c2cccc(Oc3ccc(F)cc3)c2)CC1. The van der Waals surface area contributed by atoms with E-state index in [4.69, 9.17) is 4.74 Å². The maximum atomic E-state index is 12.9. The average molecular weight is 282 g/mol. The number of rotatable bonds is 4. The minimum Gasteiger partial charge on any atom is -0.457 e. The fourth-order valence-electron chi connectivity index (χ4n) is 2.49. The highest BCUT2D eigenvalue weighted by molar-refractivity contribution is 5.74. The lowest BCUT2D eigenvalue weighted by Crippen LogP contribution is -1.89. The van der Waals surface area contributed by atoms with Crippen molar-refractivity contribution in [3.8, 4) is 11.5 Å². The number of carbonyl (C=O) groups is 1. The van der Waals surface area contributed by atoms with E-state index in [9.17, 15) is 9.18 Å². The topological polar surface area (TPSA) is 26.3 Å². The number of aldehydes is 1. The van der Waals surface area contributed by atoms with Crippen LogP contribution in [0.1, 0.15) is 18.4 Å². The van der Waals surface area contributed by atoms with Crippen molar-refractivity contribution in [2.75, 3.05) is 0 Å². The molecule has 0 N–H and O–H groups in total. The average Bonchev–Trinajstić information content (AvgIpc) is 2.99. The Kier molecular flexibility index (Phi) is 3.82. The van der Waals surface area contributed by atoms with Crippen LogP contribution in [-0.4, -0.2) is 6.29 Å². The normalized spacial score (nSPS) is 17.4. The van der Waals surface area contributed by atoms with Crippen molar-refractivity contribution in [1.82, 2.24) is 0 Å². The van der Waals surface area contributed by atoms with Crippen molar-refractivity contribution >= 4 is 11.9 Å². The third kappa shape index (κ3) is 3.19. The van der Waals surface area contributed by atoms with Gasteiger partial charge < -0.3 is 9.53 Å². The summed E-state index contributed by atoms with van der Waals surface area (Å²) in [4.78, 5) is 10.8. The Labute approximate surface area is 122 Å². The lowest BCUT2D eigenvalue weighted by atomic mass is 10.1. The van der Waals surface area contributed by atoms with Gasteiger partial charge in [0.25, 0.3) is 0 Å². The molecule has 1 atom stereocenters. The number of carbonyl (C=O) groups excluding carboxylic acids is 1. The van der Waals surface area contributed by atoms with E-state index in [1.54, 1.807) is 12.1 Å². The molecule has 0 radical (unpaired) electrons. The molecule has 0 aromatic heterocycles. The van der Waals surface area contributed by atoms with Crippen LogP contribution in [0.25, 0.3) is 5.57 Å². The van der Waals surface area contributed by atoms with Crippen LogP contribution in [-0.2, 0) is 4.79 Å². The number of hydrogen-bond acceptors (Lipinski definition) is 2. The largest absolute Gasteiger partial charge is 0.457 e. The van der Waals surface area contributed by atoms with Crippen LogP contribution in [0.15, 0.2) is 54.6 Å². The van der Waals surface area contributed by atoms with Gasteiger partial charge in [-0.1, -0.05) is 18.2 Å². The van der Waals surface area contributed by atoms with Gasteiger partial charge in [0, 0.05) is 5.92 Å². The fourth-order valence-corrected chi connectivity index (χ4v) is 2.49. The van der Waals surface area contributed by atoms with Crippen LogP contribution in [0, 0.1) is 11.7 Å². The van der Waals surface area contributed by atoms with Gasteiger partial charge >= 0.3 is 0 Å². The van der Waals surface area contributed by atoms with E-state index in [2.05, 4.69) is 0 Å². The predicted molar refractivity (Wildman–Crippen MR) is 79.7 cm³/mol. The maximum Gasteiger partial charge on any atom is 0.128 e. The van der Waals surface area contributed by atoms with Crippen molar-refractivity contribution in [3.63, 3.8) is 0 Å². The minimum atomic E-state index is -0.285. The molecule has 1 aliphatic carbocycles. The van der Waals surface area contributed by atoms with E-state index in [-0.39, 0.29) is 11.7 Å². The molecule has 3 heteroatoms. The van der Waals surface area contributed by atoms with Crippen LogP contribution in [0.4, 0.5) is 4.39 Å². The predicted octanol–water partition coefficient (Wildman–Crippen LogP) is 4.61. The van der Waals surface area contributed by atoms with E-state index in [1.807, 2.05) is 30.3 Å². The second kappa shape index (κ2) is 5.92. The Morgan fingerprint density at radius 1 is 1.10 bits per heavy atom. The monoisotopic (exact) mass is 282 g/mol. The summed E-state index contributed by atoms with van der Waals surface area (Å²) in [6, 6.07) is 13.7. The van der Waals surface area contributed by atoms with E-state index in [0.29, 0.717) is 11.5 Å². The van der Waals surface area contributed by atoms with Gasteiger partial charge in [0.1, 0.15) is 23.6 Å². The highest BCUT2D eigenvalue weighted by Crippen LogP contribution is 2.33. The maximum absolute atomic E-state index is 12.9.